The van der Waals surface area contributed by atoms with Gasteiger partial charge in [-0.25, -0.2) is 9.78 Å². The molecule has 0 fully saturated rings. The molecular formula is C8H9N3O2. The Morgan fingerprint density at radius 3 is 3.08 bits per heavy atom. The van der Waals surface area contributed by atoms with Gasteiger partial charge in [-0.2, -0.15) is 0 Å². The van der Waals surface area contributed by atoms with Gasteiger partial charge >= 0.3 is 5.69 Å². The summed E-state index contributed by atoms with van der Waals surface area (Å²) in [5.74, 6) is 5.54. The number of nitrogens with one attached hydrogen (secondary N) is 1. The highest BCUT2D eigenvalue weighted by Crippen LogP contribution is 1.99. The molecule has 5 nitrogen and oxygen atoms in total. The zero-order chi connectivity index (χ0) is 9.68. The highest BCUT2D eigenvalue weighted by atomic mass is 16.2. The lowest BCUT2D eigenvalue weighted by Gasteiger charge is -1.93. The van der Waals surface area contributed by atoms with Crippen LogP contribution in [0.2, 0.25) is 0 Å². The fraction of sp³-hybridized carbons (Fsp3) is 0.250. The summed E-state index contributed by atoms with van der Waals surface area (Å²) in [5, 5.41) is 8.45. The van der Waals surface area contributed by atoms with Crippen LogP contribution in [-0.2, 0) is 0 Å². The van der Waals surface area contributed by atoms with Gasteiger partial charge in [0.15, 0.2) is 0 Å². The lowest BCUT2D eigenvalue weighted by molar-refractivity contribution is 0.305. The molecule has 0 amide bonds. The zero-order valence-corrected chi connectivity index (χ0v) is 6.87. The number of hydrogen-bond donors (Lipinski definition) is 3. The first-order valence-corrected chi connectivity index (χ1v) is 3.68. The Labute approximate surface area is 74.6 Å². The van der Waals surface area contributed by atoms with Gasteiger partial charge in [0, 0.05) is 6.42 Å². The molecule has 0 aliphatic rings. The SMILES string of the molecule is Nc1[nH]c(=O)ncc1C#CCCO. The second-order valence-corrected chi connectivity index (χ2v) is 2.29. The standard InChI is InChI=1S/C8H9N3O2/c9-7-6(3-1-2-4-12)5-10-8(13)11-7/h5,12H,2,4H2,(H3,9,10,11,13). The molecule has 0 radical (unpaired) electrons. The number of aromatic nitrogens is 2. The Balaban J connectivity index is 2.92. The summed E-state index contributed by atoms with van der Waals surface area (Å²) in [4.78, 5) is 16.4. The summed E-state index contributed by atoms with van der Waals surface area (Å²) < 4.78 is 0. The maximum Gasteiger partial charge on any atom is 0.346 e. The van der Waals surface area contributed by atoms with Gasteiger partial charge in [-0.05, 0) is 0 Å². The third-order valence-electron chi connectivity index (χ3n) is 1.30. The number of aliphatic hydroxyl groups excluding tert-OH is 1. The highest BCUT2D eigenvalue weighted by Gasteiger charge is 1.95. The van der Waals surface area contributed by atoms with Gasteiger partial charge in [-0.15, -0.1) is 0 Å². The molecule has 5 heteroatoms. The topological polar surface area (TPSA) is 92.0 Å². The predicted molar refractivity (Wildman–Crippen MR) is 47.9 cm³/mol. The molecule has 1 aromatic heterocycles. The lowest BCUT2D eigenvalue weighted by Crippen LogP contribution is -2.12. The van der Waals surface area contributed by atoms with Gasteiger partial charge in [-0.1, -0.05) is 11.8 Å². The predicted octanol–water partition coefficient (Wildman–Crippen LogP) is -0.914. The van der Waals surface area contributed by atoms with Crippen molar-refractivity contribution in [3.8, 4) is 11.8 Å². The Bertz CT molecular complexity index is 400. The summed E-state index contributed by atoms with van der Waals surface area (Å²) in [6.45, 7) is 0.00366. The third kappa shape index (κ3) is 2.61. The largest absolute Gasteiger partial charge is 0.395 e. The Kier molecular flexibility index (Phi) is 3.06. The first-order valence-electron chi connectivity index (χ1n) is 3.68. The molecule has 0 aliphatic carbocycles. The van der Waals surface area contributed by atoms with E-state index in [4.69, 9.17) is 10.8 Å². The molecule has 0 aromatic carbocycles. The summed E-state index contributed by atoms with van der Waals surface area (Å²) in [5.41, 5.74) is 5.41. The molecule has 0 unspecified atom stereocenters. The van der Waals surface area contributed by atoms with E-state index in [1.807, 2.05) is 0 Å². The van der Waals surface area contributed by atoms with Crippen molar-refractivity contribution < 1.29 is 5.11 Å². The number of aliphatic hydroxyl groups is 1. The maximum atomic E-state index is 10.6. The second kappa shape index (κ2) is 4.28. The Morgan fingerprint density at radius 2 is 2.46 bits per heavy atom. The Hall–Kier alpha value is -1.80. The fourth-order valence-electron chi connectivity index (χ4n) is 0.721. The van der Waals surface area contributed by atoms with Gasteiger partial charge in [-0.3, -0.25) is 4.98 Å². The van der Waals surface area contributed by atoms with Crippen molar-refractivity contribution in [3.05, 3.63) is 22.2 Å². The minimum atomic E-state index is -0.495. The number of anilines is 1. The van der Waals surface area contributed by atoms with Crippen LogP contribution in [0, 0.1) is 11.8 Å². The molecule has 0 atom stereocenters. The van der Waals surface area contributed by atoms with Gasteiger partial charge in [0.2, 0.25) is 0 Å². The van der Waals surface area contributed by atoms with Crippen LogP contribution in [0.3, 0.4) is 0 Å². The number of nitrogens with zero attached hydrogens (tertiary/aromatic N) is 1. The normalized spacial score (nSPS) is 9.00. The minimum absolute atomic E-state index is 0.00366. The van der Waals surface area contributed by atoms with Crippen LogP contribution in [0.15, 0.2) is 11.0 Å². The van der Waals surface area contributed by atoms with Crippen LogP contribution in [0.1, 0.15) is 12.0 Å². The minimum Gasteiger partial charge on any atom is -0.395 e. The lowest BCUT2D eigenvalue weighted by atomic mass is 10.3. The number of hydrogen-bond acceptors (Lipinski definition) is 4. The van der Waals surface area contributed by atoms with Gasteiger partial charge in [0.05, 0.1) is 18.4 Å². The Morgan fingerprint density at radius 1 is 1.69 bits per heavy atom. The quantitative estimate of drug-likeness (QED) is 0.486. The summed E-state index contributed by atoms with van der Waals surface area (Å²) >= 11 is 0. The van der Waals surface area contributed by atoms with E-state index in [-0.39, 0.29) is 12.4 Å². The van der Waals surface area contributed by atoms with Crippen molar-refractivity contribution in [2.75, 3.05) is 12.3 Å². The molecule has 0 aliphatic heterocycles. The first kappa shape index (κ1) is 9.29. The van der Waals surface area contributed by atoms with E-state index in [1.54, 1.807) is 0 Å². The van der Waals surface area contributed by atoms with Crippen LogP contribution >= 0.6 is 0 Å². The molecule has 0 saturated carbocycles. The molecule has 68 valence electrons. The van der Waals surface area contributed by atoms with Crippen molar-refractivity contribution in [3.63, 3.8) is 0 Å². The van der Waals surface area contributed by atoms with E-state index >= 15 is 0 Å². The molecule has 1 rings (SSSR count). The van der Waals surface area contributed by atoms with Crippen LogP contribution in [0.5, 0.6) is 0 Å². The van der Waals surface area contributed by atoms with Crippen molar-refractivity contribution in [1.29, 1.82) is 0 Å². The molecule has 1 aromatic rings. The monoisotopic (exact) mass is 179 g/mol. The van der Waals surface area contributed by atoms with E-state index < -0.39 is 5.69 Å². The second-order valence-electron chi connectivity index (χ2n) is 2.29. The van der Waals surface area contributed by atoms with E-state index in [1.165, 1.54) is 6.20 Å². The van der Waals surface area contributed by atoms with Gasteiger partial charge < -0.3 is 10.8 Å². The number of rotatable bonds is 1. The summed E-state index contributed by atoms with van der Waals surface area (Å²) in [6.07, 6.45) is 1.68. The summed E-state index contributed by atoms with van der Waals surface area (Å²) in [7, 11) is 0. The molecule has 1 heterocycles. The molecule has 0 spiro atoms. The van der Waals surface area contributed by atoms with Crippen molar-refractivity contribution in [2.45, 2.75) is 6.42 Å². The number of H-pyrrole nitrogens is 1. The maximum absolute atomic E-state index is 10.6. The van der Waals surface area contributed by atoms with E-state index in [0.29, 0.717) is 12.0 Å². The zero-order valence-electron chi connectivity index (χ0n) is 6.87. The molecule has 13 heavy (non-hydrogen) atoms. The fourth-order valence-corrected chi connectivity index (χ4v) is 0.721. The van der Waals surface area contributed by atoms with E-state index in [0.717, 1.165) is 0 Å². The van der Waals surface area contributed by atoms with Crippen LogP contribution in [0.4, 0.5) is 5.82 Å². The summed E-state index contributed by atoms with van der Waals surface area (Å²) in [6, 6.07) is 0. The first-order chi connectivity index (χ1) is 6.24. The molecule has 0 bridgehead atoms. The van der Waals surface area contributed by atoms with Gasteiger partial charge in [0.25, 0.3) is 0 Å². The molecule has 0 saturated heterocycles. The number of aromatic amines is 1. The number of nitrogens with two attached hydrogens (primary N) is 1. The molecule has 4 N–H and O–H groups in total. The van der Waals surface area contributed by atoms with Crippen LogP contribution in [0.25, 0.3) is 0 Å². The van der Waals surface area contributed by atoms with Crippen molar-refractivity contribution in [1.82, 2.24) is 9.97 Å². The average Bonchev–Trinajstić information content (AvgIpc) is 2.09. The van der Waals surface area contributed by atoms with Gasteiger partial charge in [0.1, 0.15) is 5.82 Å². The highest BCUT2D eigenvalue weighted by molar-refractivity contribution is 5.48. The van der Waals surface area contributed by atoms with Crippen LogP contribution < -0.4 is 11.4 Å². The smallest absolute Gasteiger partial charge is 0.346 e. The van der Waals surface area contributed by atoms with Crippen molar-refractivity contribution >= 4 is 5.82 Å². The average molecular weight is 179 g/mol. The van der Waals surface area contributed by atoms with E-state index in [2.05, 4.69) is 21.8 Å². The molecular weight excluding hydrogens is 170 g/mol. The van der Waals surface area contributed by atoms with E-state index in [9.17, 15) is 4.79 Å². The third-order valence-corrected chi connectivity index (χ3v) is 1.30. The van der Waals surface area contributed by atoms with Crippen LogP contribution in [-0.4, -0.2) is 21.7 Å². The van der Waals surface area contributed by atoms with Crippen molar-refractivity contribution in [2.24, 2.45) is 0 Å². The number of nitrogen functional groups attached to an aromatic ring is 1.